The topological polar surface area (TPSA) is 130 Å². The molecule has 0 aliphatic rings. The summed E-state index contributed by atoms with van der Waals surface area (Å²) in [6, 6.07) is 10.1. The Bertz CT molecular complexity index is 1310. The molecule has 0 aliphatic carbocycles. The average molecular weight is 493 g/mol. The summed E-state index contributed by atoms with van der Waals surface area (Å²) >= 11 is 0. The number of urea groups is 1. The number of aromatic hydroxyl groups is 1. The van der Waals surface area contributed by atoms with Gasteiger partial charge in [0.25, 0.3) is 5.56 Å². The van der Waals surface area contributed by atoms with E-state index in [-0.39, 0.29) is 40.8 Å². The minimum absolute atomic E-state index is 0. The molecule has 9 nitrogen and oxygen atoms in total. The number of amides is 2. The van der Waals surface area contributed by atoms with Crippen LogP contribution in [0.1, 0.15) is 23.7 Å². The number of aromatic nitrogens is 1. The van der Waals surface area contributed by atoms with Crippen molar-refractivity contribution in [3.63, 3.8) is 0 Å². The van der Waals surface area contributed by atoms with E-state index in [0.717, 1.165) is 6.07 Å². The molecule has 0 saturated heterocycles. The maximum absolute atomic E-state index is 14.5. The van der Waals surface area contributed by atoms with Crippen molar-refractivity contribution in [3.05, 3.63) is 76.0 Å². The van der Waals surface area contributed by atoms with Crippen LogP contribution < -0.4 is 20.9 Å². The summed E-state index contributed by atoms with van der Waals surface area (Å²) in [5.41, 5.74) is 0.756. The molecule has 0 fully saturated rings. The Balaban J connectivity index is 0.00000432. The number of carboxylic acid groups (broad SMARTS) is 1. The van der Waals surface area contributed by atoms with Crippen molar-refractivity contribution >= 4 is 47.2 Å². The summed E-state index contributed by atoms with van der Waals surface area (Å²) in [6.45, 7) is 1.61. The summed E-state index contributed by atoms with van der Waals surface area (Å²) < 4.78 is 20.9. The summed E-state index contributed by atoms with van der Waals surface area (Å²) in [5, 5.41) is 24.1. The number of ether oxygens (including phenoxy) is 1. The molecule has 1 atom stereocenters. The van der Waals surface area contributed by atoms with Gasteiger partial charge in [-0.3, -0.25) is 9.59 Å². The number of rotatable bonds is 7. The second kappa shape index (κ2) is 11.9. The molecule has 4 N–H and O–H groups in total. The Morgan fingerprint density at radius 3 is 2.51 bits per heavy atom. The van der Waals surface area contributed by atoms with Crippen molar-refractivity contribution in [1.29, 1.82) is 0 Å². The number of halogens is 1. The molecule has 0 aliphatic heterocycles. The van der Waals surface area contributed by atoms with Crippen LogP contribution in [0.3, 0.4) is 0 Å². The van der Waals surface area contributed by atoms with E-state index in [4.69, 9.17) is 4.74 Å². The Kier molecular flexibility index (Phi) is 9.47. The SMILES string of the molecule is COc1cccc(-c2cc(F)cc([C@H](CC(=O)O)NC(=O)Nc3c(O)cc(C)n(C)c3=O)c2)c1.[NaH]. The zero-order chi connectivity index (χ0) is 25.0. The molecule has 180 valence electrons. The maximum atomic E-state index is 14.5. The van der Waals surface area contributed by atoms with E-state index < -0.39 is 41.6 Å². The number of anilines is 1. The Hall–Kier alpha value is -3.34. The van der Waals surface area contributed by atoms with Crippen LogP contribution in [0.4, 0.5) is 14.9 Å². The van der Waals surface area contributed by atoms with E-state index >= 15 is 0 Å². The fourth-order valence-electron chi connectivity index (χ4n) is 3.44. The normalized spacial score (nSPS) is 11.2. The van der Waals surface area contributed by atoms with Crippen molar-refractivity contribution in [2.24, 2.45) is 7.05 Å². The van der Waals surface area contributed by atoms with Crippen LogP contribution in [0.5, 0.6) is 11.5 Å². The summed E-state index contributed by atoms with van der Waals surface area (Å²) in [6.07, 6.45) is -0.549. The number of benzene rings is 2. The Morgan fingerprint density at radius 1 is 1.14 bits per heavy atom. The van der Waals surface area contributed by atoms with Crippen LogP contribution in [-0.4, -0.2) is 63.4 Å². The Morgan fingerprint density at radius 2 is 1.86 bits per heavy atom. The molecule has 2 amide bonds. The molecule has 3 aromatic rings. The van der Waals surface area contributed by atoms with Crippen molar-refractivity contribution in [1.82, 2.24) is 9.88 Å². The van der Waals surface area contributed by atoms with Gasteiger partial charge >= 0.3 is 41.6 Å². The zero-order valence-corrected chi connectivity index (χ0v) is 18.8. The van der Waals surface area contributed by atoms with Gasteiger partial charge in [0.05, 0.1) is 19.6 Å². The standard InChI is InChI=1S/C24H24FN3O6.Na.H/c1-13-7-20(29)22(23(32)28(13)2)27-24(33)26-19(12-21(30)31)16-8-15(9-17(25)10-16)14-5-4-6-18(11-14)34-3;;/h4-11,19,29H,12H2,1-3H3,(H,30,31)(H2,26,27,33);;/t19-;;/m0../s1. The minimum atomic E-state index is -1.23. The van der Waals surface area contributed by atoms with Crippen LogP contribution in [0, 0.1) is 12.7 Å². The first kappa shape index (κ1) is 27.9. The number of carbonyl (C=O) groups is 2. The number of aryl methyl sites for hydroxylation is 1. The predicted molar refractivity (Wildman–Crippen MR) is 131 cm³/mol. The third kappa shape index (κ3) is 6.84. The zero-order valence-electron chi connectivity index (χ0n) is 18.8. The molecule has 0 radical (unpaired) electrons. The van der Waals surface area contributed by atoms with Gasteiger partial charge in [-0.25, -0.2) is 9.18 Å². The van der Waals surface area contributed by atoms with E-state index in [9.17, 15) is 29.0 Å². The Labute approximate surface area is 222 Å². The van der Waals surface area contributed by atoms with Gasteiger partial charge in [0, 0.05) is 18.8 Å². The van der Waals surface area contributed by atoms with Crippen molar-refractivity contribution in [3.8, 4) is 22.6 Å². The van der Waals surface area contributed by atoms with Crippen LogP contribution in [0.15, 0.2) is 53.3 Å². The third-order valence-electron chi connectivity index (χ3n) is 5.30. The van der Waals surface area contributed by atoms with Gasteiger partial charge in [0.2, 0.25) is 0 Å². The van der Waals surface area contributed by atoms with Gasteiger partial charge in [0.1, 0.15) is 17.3 Å². The number of aliphatic carboxylic acids is 1. The fraction of sp³-hybridized carbons (Fsp3) is 0.208. The van der Waals surface area contributed by atoms with Crippen molar-refractivity contribution in [2.45, 2.75) is 19.4 Å². The first-order valence-electron chi connectivity index (χ1n) is 10.2. The van der Waals surface area contributed by atoms with Gasteiger partial charge in [-0.2, -0.15) is 0 Å². The number of hydrogen-bond acceptors (Lipinski definition) is 5. The third-order valence-corrected chi connectivity index (χ3v) is 5.30. The van der Waals surface area contributed by atoms with E-state index in [1.807, 2.05) is 0 Å². The second-order valence-corrected chi connectivity index (χ2v) is 7.66. The van der Waals surface area contributed by atoms with Crippen LogP contribution in [-0.2, 0) is 11.8 Å². The van der Waals surface area contributed by atoms with Gasteiger partial charge in [-0.05, 0) is 53.9 Å². The number of carbonyl (C=O) groups excluding carboxylic acids is 1. The van der Waals surface area contributed by atoms with Gasteiger partial charge in [-0.1, -0.05) is 12.1 Å². The van der Waals surface area contributed by atoms with Crippen LogP contribution in [0.2, 0.25) is 0 Å². The monoisotopic (exact) mass is 493 g/mol. The van der Waals surface area contributed by atoms with Crippen molar-refractivity contribution < 1.29 is 28.9 Å². The summed E-state index contributed by atoms with van der Waals surface area (Å²) in [4.78, 5) is 36.5. The van der Waals surface area contributed by atoms with Gasteiger partial charge in [0.15, 0.2) is 5.69 Å². The first-order valence-corrected chi connectivity index (χ1v) is 10.2. The van der Waals surface area contributed by atoms with Gasteiger partial charge in [-0.15, -0.1) is 0 Å². The number of hydrogen-bond donors (Lipinski definition) is 4. The van der Waals surface area contributed by atoms with E-state index in [1.54, 1.807) is 37.3 Å². The number of carboxylic acids is 1. The van der Waals surface area contributed by atoms with Gasteiger partial charge < -0.3 is 30.2 Å². The van der Waals surface area contributed by atoms with E-state index in [2.05, 4.69) is 10.6 Å². The van der Waals surface area contributed by atoms with Crippen LogP contribution >= 0.6 is 0 Å². The number of nitrogens with zero attached hydrogens (tertiary/aromatic N) is 1. The molecule has 0 spiro atoms. The second-order valence-electron chi connectivity index (χ2n) is 7.66. The molecule has 0 unspecified atom stereocenters. The summed E-state index contributed by atoms with van der Waals surface area (Å²) in [5.74, 6) is -1.73. The molecule has 2 aromatic carbocycles. The number of nitrogens with one attached hydrogen (secondary N) is 2. The summed E-state index contributed by atoms with van der Waals surface area (Å²) in [7, 11) is 2.97. The molecule has 0 saturated carbocycles. The molecular weight excluding hydrogens is 468 g/mol. The quantitative estimate of drug-likeness (QED) is 0.375. The molecule has 35 heavy (non-hydrogen) atoms. The predicted octanol–water partition coefficient (Wildman–Crippen LogP) is 2.90. The van der Waals surface area contributed by atoms with E-state index in [0.29, 0.717) is 22.6 Å². The molecular formula is C24H25FN3NaO6. The molecule has 1 aromatic heterocycles. The van der Waals surface area contributed by atoms with Crippen molar-refractivity contribution in [2.75, 3.05) is 12.4 Å². The van der Waals surface area contributed by atoms with E-state index in [1.165, 1.54) is 30.9 Å². The number of pyridine rings is 1. The number of methoxy groups -OCH3 is 1. The average Bonchev–Trinajstić information content (AvgIpc) is 2.79. The molecule has 0 bridgehead atoms. The first-order chi connectivity index (χ1) is 16.1. The fourth-order valence-corrected chi connectivity index (χ4v) is 3.44. The molecule has 1 heterocycles. The van der Waals surface area contributed by atoms with Crippen LogP contribution in [0.25, 0.3) is 11.1 Å². The molecule has 11 heteroatoms. The molecule has 3 rings (SSSR count).